The highest BCUT2D eigenvalue weighted by atomic mass is 16.6. The monoisotopic (exact) mass is 331 g/mol. The van der Waals surface area contributed by atoms with E-state index in [1.807, 2.05) is 30.3 Å². The Hall–Kier alpha value is -2.76. The molecule has 0 aliphatic rings. The lowest BCUT2D eigenvalue weighted by molar-refractivity contribution is -0.139. The van der Waals surface area contributed by atoms with Gasteiger partial charge < -0.3 is 19.6 Å². The summed E-state index contributed by atoms with van der Waals surface area (Å²) in [7, 11) is 0. The summed E-state index contributed by atoms with van der Waals surface area (Å²) in [6.07, 6.45) is -0.744. The normalized spacial score (nSPS) is 12.5. The van der Waals surface area contributed by atoms with Crippen molar-refractivity contribution in [3.05, 3.63) is 48.2 Å². The van der Waals surface area contributed by atoms with Gasteiger partial charge in [0.15, 0.2) is 0 Å². The minimum absolute atomic E-state index is 0.0292. The molecule has 0 radical (unpaired) electrons. The van der Waals surface area contributed by atoms with E-state index in [0.717, 1.165) is 5.56 Å². The number of hydrogen-bond acceptors (Lipinski definition) is 4. The van der Waals surface area contributed by atoms with Crippen LogP contribution in [-0.2, 0) is 16.0 Å². The van der Waals surface area contributed by atoms with E-state index in [2.05, 4.69) is 5.32 Å². The van der Waals surface area contributed by atoms with Crippen LogP contribution in [0, 0.1) is 0 Å². The molecule has 0 saturated carbocycles. The molecule has 0 aliphatic carbocycles. The number of aliphatic carboxylic acids is 1. The number of rotatable bonds is 5. The van der Waals surface area contributed by atoms with Crippen LogP contribution in [0.1, 0.15) is 26.5 Å². The van der Waals surface area contributed by atoms with Crippen LogP contribution in [-0.4, -0.2) is 28.8 Å². The fourth-order valence-corrected chi connectivity index (χ4v) is 2.10. The summed E-state index contributed by atoms with van der Waals surface area (Å²) in [5.41, 5.74) is 0.203. The summed E-state index contributed by atoms with van der Waals surface area (Å²) in [4.78, 5) is 23.1. The summed E-state index contributed by atoms with van der Waals surface area (Å²) >= 11 is 0. The average Bonchev–Trinajstić information content (AvgIpc) is 2.94. The molecule has 0 spiro atoms. The van der Waals surface area contributed by atoms with Gasteiger partial charge >= 0.3 is 12.1 Å². The Morgan fingerprint density at radius 1 is 1.17 bits per heavy atom. The number of carbonyl (C=O) groups excluding carboxylic acids is 1. The smallest absolute Gasteiger partial charge is 0.408 e. The van der Waals surface area contributed by atoms with Crippen LogP contribution < -0.4 is 5.32 Å². The van der Waals surface area contributed by atoms with Crippen LogP contribution in [0.25, 0.3) is 11.3 Å². The molecule has 0 aliphatic heterocycles. The summed E-state index contributed by atoms with van der Waals surface area (Å²) < 4.78 is 10.8. The second kappa shape index (κ2) is 7.21. The van der Waals surface area contributed by atoms with Crippen molar-refractivity contribution >= 4 is 12.1 Å². The molecule has 1 heterocycles. The molecule has 6 nitrogen and oxygen atoms in total. The number of carboxylic acids is 1. The van der Waals surface area contributed by atoms with Crippen molar-refractivity contribution < 1.29 is 23.8 Å². The molecule has 2 rings (SSSR count). The Morgan fingerprint density at radius 2 is 1.83 bits per heavy atom. The van der Waals surface area contributed by atoms with E-state index in [-0.39, 0.29) is 6.42 Å². The van der Waals surface area contributed by atoms with Gasteiger partial charge in [-0.15, -0.1) is 0 Å². The standard InChI is InChI=1S/C18H21NO5/c1-18(2,3)24-17(22)19-14(16(20)21)11-13-9-10-15(23-13)12-7-5-4-6-8-12/h4-10,14H,11H2,1-3H3,(H,19,22)(H,20,21). The summed E-state index contributed by atoms with van der Waals surface area (Å²) in [5.74, 6) is -0.0390. The lowest BCUT2D eigenvalue weighted by Gasteiger charge is -2.21. The van der Waals surface area contributed by atoms with Gasteiger partial charge in [-0.25, -0.2) is 9.59 Å². The number of carbonyl (C=O) groups is 2. The first-order valence-corrected chi connectivity index (χ1v) is 7.61. The number of alkyl carbamates (subject to hydrolysis) is 1. The SMILES string of the molecule is CC(C)(C)OC(=O)NC(Cc1ccc(-c2ccccc2)o1)C(=O)O. The number of furan rings is 1. The van der Waals surface area contributed by atoms with Gasteiger partial charge in [-0.2, -0.15) is 0 Å². The van der Waals surface area contributed by atoms with Crippen molar-refractivity contribution in [2.75, 3.05) is 0 Å². The van der Waals surface area contributed by atoms with Crippen LogP contribution >= 0.6 is 0 Å². The van der Waals surface area contributed by atoms with Gasteiger partial charge in [-0.1, -0.05) is 30.3 Å². The summed E-state index contributed by atoms with van der Waals surface area (Å²) in [6, 6.07) is 11.8. The Balaban J connectivity index is 2.05. The number of nitrogens with one attached hydrogen (secondary N) is 1. The van der Waals surface area contributed by atoms with Gasteiger partial charge in [-0.05, 0) is 32.9 Å². The zero-order valence-electron chi connectivity index (χ0n) is 13.9. The lowest BCUT2D eigenvalue weighted by Crippen LogP contribution is -2.44. The average molecular weight is 331 g/mol. The Labute approximate surface area is 140 Å². The second-order valence-corrected chi connectivity index (χ2v) is 6.37. The molecule has 0 fully saturated rings. The first kappa shape index (κ1) is 17.6. The van der Waals surface area contributed by atoms with E-state index in [4.69, 9.17) is 9.15 Å². The van der Waals surface area contributed by atoms with Gasteiger partial charge in [-0.3, -0.25) is 0 Å². The van der Waals surface area contributed by atoms with Gasteiger partial charge in [0.25, 0.3) is 0 Å². The van der Waals surface area contributed by atoms with Crippen LogP contribution in [0.2, 0.25) is 0 Å². The van der Waals surface area contributed by atoms with Crippen molar-refractivity contribution in [3.8, 4) is 11.3 Å². The first-order chi connectivity index (χ1) is 11.2. The molecule has 1 aromatic heterocycles. The van der Waals surface area contributed by atoms with E-state index in [0.29, 0.717) is 11.5 Å². The van der Waals surface area contributed by atoms with Crippen LogP contribution in [0.5, 0.6) is 0 Å². The molecule has 0 bridgehead atoms. The van der Waals surface area contributed by atoms with Crippen molar-refractivity contribution in [1.82, 2.24) is 5.32 Å². The summed E-state index contributed by atoms with van der Waals surface area (Å²) in [5, 5.41) is 11.6. The fraction of sp³-hybridized carbons (Fsp3) is 0.333. The van der Waals surface area contributed by atoms with Gasteiger partial charge in [0.1, 0.15) is 23.2 Å². The molecule has 128 valence electrons. The van der Waals surface area contributed by atoms with E-state index in [1.165, 1.54) is 0 Å². The maximum atomic E-state index is 11.8. The molecule has 24 heavy (non-hydrogen) atoms. The Kier molecular flexibility index (Phi) is 5.28. The molecule has 1 unspecified atom stereocenters. The maximum Gasteiger partial charge on any atom is 0.408 e. The number of benzene rings is 1. The van der Waals surface area contributed by atoms with Crippen LogP contribution in [0.4, 0.5) is 4.79 Å². The van der Waals surface area contributed by atoms with Crippen molar-refractivity contribution in [2.24, 2.45) is 0 Å². The molecular formula is C18H21NO5. The van der Waals surface area contributed by atoms with Crippen LogP contribution in [0.3, 0.4) is 0 Å². The first-order valence-electron chi connectivity index (χ1n) is 7.61. The zero-order valence-corrected chi connectivity index (χ0v) is 13.9. The van der Waals surface area contributed by atoms with Crippen LogP contribution in [0.15, 0.2) is 46.9 Å². The zero-order chi connectivity index (χ0) is 17.7. The minimum Gasteiger partial charge on any atom is -0.480 e. The molecule has 2 N–H and O–H groups in total. The molecule has 2 aromatic rings. The molecule has 1 atom stereocenters. The fourth-order valence-electron chi connectivity index (χ4n) is 2.10. The highest BCUT2D eigenvalue weighted by Crippen LogP contribution is 2.22. The lowest BCUT2D eigenvalue weighted by atomic mass is 10.1. The third-order valence-corrected chi connectivity index (χ3v) is 3.11. The molecule has 1 amide bonds. The second-order valence-electron chi connectivity index (χ2n) is 6.37. The van der Waals surface area contributed by atoms with E-state index < -0.39 is 23.7 Å². The third kappa shape index (κ3) is 5.15. The van der Waals surface area contributed by atoms with E-state index in [1.54, 1.807) is 32.9 Å². The maximum absolute atomic E-state index is 11.8. The van der Waals surface area contributed by atoms with Crippen molar-refractivity contribution in [1.29, 1.82) is 0 Å². The quantitative estimate of drug-likeness (QED) is 0.876. The van der Waals surface area contributed by atoms with E-state index >= 15 is 0 Å². The van der Waals surface area contributed by atoms with Crippen molar-refractivity contribution in [2.45, 2.75) is 38.8 Å². The topological polar surface area (TPSA) is 88.8 Å². The minimum atomic E-state index is -1.15. The number of carboxylic acid groups (broad SMARTS) is 1. The van der Waals surface area contributed by atoms with Gasteiger partial charge in [0, 0.05) is 12.0 Å². The Bertz CT molecular complexity index is 700. The molecule has 1 aromatic carbocycles. The summed E-state index contributed by atoms with van der Waals surface area (Å²) in [6.45, 7) is 5.13. The predicted molar refractivity (Wildman–Crippen MR) is 88.6 cm³/mol. The largest absolute Gasteiger partial charge is 0.480 e. The molecule has 6 heteroatoms. The number of hydrogen-bond donors (Lipinski definition) is 2. The number of amides is 1. The highest BCUT2D eigenvalue weighted by Gasteiger charge is 2.25. The van der Waals surface area contributed by atoms with Crippen molar-refractivity contribution in [3.63, 3.8) is 0 Å². The highest BCUT2D eigenvalue weighted by molar-refractivity contribution is 5.80. The molecule has 0 saturated heterocycles. The number of ether oxygens (including phenoxy) is 1. The van der Waals surface area contributed by atoms with E-state index in [9.17, 15) is 14.7 Å². The Morgan fingerprint density at radius 3 is 2.42 bits per heavy atom. The van der Waals surface area contributed by atoms with Gasteiger partial charge in [0.05, 0.1) is 0 Å². The predicted octanol–water partition coefficient (Wildman–Crippen LogP) is 3.47. The van der Waals surface area contributed by atoms with Gasteiger partial charge in [0.2, 0.25) is 0 Å². The molecular weight excluding hydrogens is 310 g/mol. The third-order valence-electron chi connectivity index (χ3n) is 3.11.